The summed E-state index contributed by atoms with van der Waals surface area (Å²) in [4.78, 5) is 33.8. The molecule has 0 fully saturated rings. The summed E-state index contributed by atoms with van der Waals surface area (Å²) < 4.78 is 1.40. The van der Waals surface area contributed by atoms with E-state index in [2.05, 4.69) is 10.5 Å². The van der Waals surface area contributed by atoms with Crippen LogP contribution < -0.4 is 11.0 Å². The average molecular weight is 267 g/mol. The number of nitrogens with one attached hydrogen (secondary N) is 1. The highest BCUT2D eigenvalue weighted by Crippen LogP contribution is 2.26. The lowest BCUT2D eigenvalue weighted by Crippen LogP contribution is -2.23. The van der Waals surface area contributed by atoms with Gasteiger partial charge in [0.1, 0.15) is 4.83 Å². The van der Waals surface area contributed by atoms with Crippen LogP contribution in [0.25, 0.3) is 10.2 Å². The maximum Gasteiger partial charge on any atom is 0.285 e. The fraction of sp³-hybridized carbons (Fsp3) is 0.364. The highest BCUT2D eigenvalue weighted by molar-refractivity contribution is 7.20. The SMILES string of the molecule is CCONC(=O)c1sc2ncn(C)c(=O)c2c1C. The number of thiophene rings is 1. The molecule has 1 N–H and O–H groups in total. The van der Waals surface area contributed by atoms with Gasteiger partial charge in [-0.05, 0) is 19.4 Å². The van der Waals surface area contributed by atoms with Crippen molar-refractivity contribution in [3.05, 3.63) is 27.1 Å². The molecule has 0 aliphatic heterocycles. The van der Waals surface area contributed by atoms with Crippen molar-refractivity contribution in [1.29, 1.82) is 0 Å². The van der Waals surface area contributed by atoms with E-state index >= 15 is 0 Å². The largest absolute Gasteiger partial charge is 0.302 e. The first-order chi connectivity index (χ1) is 8.56. The van der Waals surface area contributed by atoms with E-state index in [-0.39, 0.29) is 11.5 Å². The molecule has 0 saturated carbocycles. The molecule has 0 atom stereocenters. The molecule has 96 valence electrons. The van der Waals surface area contributed by atoms with Crippen molar-refractivity contribution in [3.8, 4) is 0 Å². The van der Waals surface area contributed by atoms with Gasteiger partial charge in [0.2, 0.25) is 0 Å². The molecule has 6 nitrogen and oxygen atoms in total. The molecular formula is C11H13N3O3S. The van der Waals surface area contributed by atoms with Crippen molar-refractivity contribution < 1.29 is 9.63 Å². The minimum Gasteiger partial charge on any atom is -0.302 e. The molecule has 0 spiro atoms. The zero-order valence-electron chi connectivity index (χ0n) is 10.3. The Morgan fingerprint density at radius 1 is 1.61 bits per heavy atom. The summed E-state index contributed by atoms with van der Waals surface area (Å²) in [5.41, 5.74) is 2.81. The van der Waals surface area contributed by atoms with E-state index in [1.807, 2.05) is 0 Å². The third kappa shape index (κ3) is 2.02. The van der Waals surface area contributed by atoms with Crippen LogP contribution in [0.1, 0.15) is 22.2 Å². The van der Waals surface area contributed by atoms with Crippen LogP contribution in [0.5, 0.6) is 0 Å². The maximum absolute atomic E-state index is 12.0. The summed E-state index contributed by atoms with van der Waals surface area (Å²) in [5, 5.41) is 0.492. The highest BCUT2D eigenvalue weighted by atomic mass is 32.1. The average Bonchev–Trinajstić information content (AvgIpc) is 2.69. The Hall–Kier alpha value is -1.73. The van der Waals surface area contributed by atoms with E-state index < -0.39 is 0 Å². The van der Waals surface area contributed by atoms with Gasteiger partial charge in [0, 0.05) is 7.05 Å². The summed E-state index contributed by atoms with van der Waals surface area (Å²) in [7, 11) is 1.63. The number of aryl methyl sites for hydroxylation is 2. The van der Waals surface area contributed by atoms with E-state index in [0.717, 1.165) is 0 Å². The minimum absolute atomic E-state index is 0.149. The second kappa shape index (κ2) is 4.87. The lowest BCUT2D eigenvalue weighted by molar-refractivity contribution is 0.0368. The van der Waals surface area contributed by atoms with E-state index in [0.29, 0.717) is 27.3 Å². The van der Waals surface area contributed by atoms with Gasteiger partial charge in [0.25, 0.3) is 11.5 Å². The van der Waals surface area contributed by atoms with Gasteiger partial charge in [-0.25, -0.2) is 10.5 Å². The molecule has 0 aliphatic rings. The number of aromatic nitrogens is 2. The fourth-order valence-electron chi connectivity index (χ4n) is 1.61. The van der Waals surface area contributed by atoms with E-state index in [4.69, 9.17) is 4.84 Å². The molecule has 7 heteroatoms. The van der Waals surface area contributed by atoms with Crippen LogP contribution in [0.4, 0.5) is 0 Å². The normalized spacial score (nSPS) is 10.8. The first kappa shape index (κ1) is 12.7. The van der Waals surface area contributed by atoms with Gasteiger partial charge in [-0.3, -0.25) is 14.4 Å². The number of carbonyl (C=O) groups excluding carboxylic acids is 1. The fourth-order valence-corrected chi connectivity index (χ4v) is 2.63. The Kier molecular flexibility index (Phi) is 3.44. The van der Waals surface area contributed by atoms with Crippen LogP contribution >= 0.6 is 11.3 Å². The molecule has 0 aliphatic carbocycles. The van der Waals surface area contributed by atoms with Crippen molar-refractivity contribution in [2.24, 2.45) is 7.05 Å². The third-order valence-electron chi connectivity index (χ3n) is 2.53. The topological polar surface area (TPSA) is 73.2 Å². The van der Waals surface area contributed by atoms with Crippen molar-refractivity contribution in [2.45, 2.75) is 13.8 Å². The van der Waals surface area contributed by atoms with Gasteiger partial charge >= 0.3 is 0 Å². The standard InChI is InChI=1S/C11H13N3O3S/c1-4-17-13-9(15)8-6(2)7-10(18-8)12-5-14(3)11(7)16/h5H,4H2,1-3H3,(H,13,15). The molecule has 2 rings (SSSR count). The van der Waals surface area contributed by atoms with Crippen LogP contribution in [-0.2, 0) is 11.9 Å². The highest BCUT2D eigenvalue weighted by Gasteiger charge is 2.18. The molecule has 0 saturated heterocycles. The number of hydroxylamine groups is 1. The molecule has 1 amide bonds. The van der Waals surface area contributed by atoms with E-state index in [1.54, 1.807) is 20.9 Å². The minimum atomic E-state index is -0.348. The van der Waals surface area contributed by atoms with Crippen LogP contribution in [0.15, 0.2) is 11.1 Å². The number of fused-ring (bicyclic) bond motifs is 1. The number of hydrogen-bond donors (Lipinski definition) is 1. The Balaban J connectivity index is 2.55. The predicted molar refractivity (Wildman–Crippen MR) is 68.7 cm³/mol. The van der Waals surface area contributed by atoms with E-state index in [1.165, 1.54) is 22.2 Å². The second-order valence-corrected chi connectivity index (χ2v) is 4.76. The summed E-state index contributed by atoms with van der Waals surface area (Å²) in [6, 6.07) is 0. The molecule has 2 heterocycles. The molecule has 18 heavy (non-hydrogen) atoms. The summed E-state index contributed by atoms with van der Waals surface area (Å²) >= 11 is 1.19. The van der Waals surface area contributed by atoms with Gasteiger partial charge in [0.15, 0.2) is 0 Å². The first-order valence-corrected chi connectivity index (χ1v) is 6.24. The van der Waals surface area contributed by atoms with Crippen LogP contribution in [-0.4, -0.2) is 22.1 Å². The van der Waals surface area contributed by atoms with Crippen molar-refractivity contribution in [1.82, 2.24) is 15.0 Å². The molecule has 0 unspecified atom stereocenters. The summed E-state index contributed by atoms with van der Waals surface area (Å²) in [5.74, 6) is -0.348. The van der Waals surface area contributed by atoms with Crippen molar-refractivity contribution >= 4 is 27.5 Å². The second-order valence-electron chi connectivity index (χ2n) is 3.76. The number of hydrogen-bond acceptors (Lipinski definition) is 5. The van der Waals surface area contributed by atoms with Crippen LogP contribution in [0, 0.1) is 6.92 Å². The molecule has 2 aromatic heterocycles. The zero-order chi connectivity index (χ0) is 13.3. The number of nitrogens with zero attached hydrogens (tertiary/aromatic N) is 2. The van der Waals surface area contributed by atoms with Crippen LogP contribution in [0.3, 0.4) is 0 Å². The summed E-state index contributed by atoms with van der Waals surface area (Å²) in [6.07, 6.45) is 1.45. The van der Waals surface area contributed by atoms with Crippen molar-refractivity contribution in [2.75, 3.05) is 6.61 Å². The van der Waals surface area contributed by atoms with E-state index in [9.17, 15) is 9.59 Å². The van der Waals surface area contributed by atoms with Gasteiger partial charge in [0.05, 0.1) is 23.2 Å². The smallest absolute Gasteiger partial charge is 0.285 e. The van der Waals surface area contributed by atoms with Gasteiger partial charge in [-0.1, -0.05) is 0 Å². The van der Waals surface area contributed by atoms with Crippen LogP contribution in [0.2, 0.25) is 0 Å². The summed E-state index contributed by atoms with van der Waals surface area (Å²) in [6.45, 7) is 3.90. The maximum atomic E-state index is 12.0. The monoisotopic (exact) mass is 267 g/mol. The number of carbonyl (C=O) groups is 1. The molecule has 0 radical (unpaired) electrons. The molecule has 0 aromatic carbocycles. The Morgan fingerprint density at radius 2 is 2.33 bits per heavy atom. The molecular weight excluding hydrogens is 254 g/mol. The van der Waals surface area contributed by atoms with Gasteiger partial charge < -0.3 is 4.57 Å². The Labute approximate surface area is 107 Å². The quantitative estimate of drug-likeness (QED) is 0.841. The lowest BCUT2D eigenvalue weighted by Gasteiger charge is -2.01. The Morgan fingerprint density at radius 3 is 3.00 bits per heavy atom. The Bertz CT molecular complexity index is 659. The van der Waals surface area contributed by atoms with Gasteiger partial charge in [-0.15, -0.1) is 11.3 Å². The van der Waals surface area contributed by atoms with Crippen molar-refractivity contribution in [3.63, 3.8) is 0 Å². The lowest BCUT2D eigenvalue weighted by atomic mass is 10.2. The third-order valence-corrected chi connectivity index (χ3v) is 3.72. The first-order valence-electron chi connectivity index (χ1n) is 5.43. The number of amides is 1. The number of rotatable bonds is 3. The zero-order valence-corrected chi connectivity index (χ0v) is 11.1. The molecule has 2 aromatic rings. The molecule has 0 bridgehead atoms. The predicted octanol–water partition coefficient (Wildman–Crippen LogP) is 0.985. The van der Waals surface area contributed by atoms with Gasteiger partial charge in [-0.2, -0.15) is 0 Å².